The number of carboxylic acids is 1. The van der Waals surface area contributed by atoms with Crippen LogP contribution in [0, 0.1) is 0 Å². The van der Waals surface area contributed by atoms with Gasteiger partial charge in [-0.2, -0.15) is 0 Å². The Balaban J connectivity index is 1.92. The molecular formula is C11H9NO2S3. The van der Waals surface area contributed by atoms with Gasteiger partial charge in [-0.25, -0.2) is 9.78 Å². The van der Waals surface area contributed by atoms with E-state index < -0.39 is 5.97 Å². The van der Waals surface area contributed by atoms with Crippen LogP contribution in [0.25, 0.3) is 6.08 Å². The third-order valence-electron chi connectivity index (χ3n) is 1.82. The van der Waals surface area contributed by atoms with Gasteiger partial charge < -0.3 is 5.11 Å². The van der Waals surface area contributed by atoms with Crippen LogP contribution in [0.4, 0.5) is 0 Å². The van der Waals surface area contributed by atoms with Gasteiger partial charge in [0.1, 0.15) is 4.34 Å². The molecule has 17 heavy (non-hydrogen) atoms. The summed E-state index contributed by atoms with van der Waals surface area (Å²) in [6, 6.07) is 3.95. The minimum absolute atomic E-state index is 0.874. The van der Waals surface area contributed by atoms with Crippen LogP contribution in [-0.2, 0) is 10.5 Å². The molecule has 0 aliphatic heterocycles. The first kappa shape index (κ1) is 12.3. The van der Waals surface area contributed by atoms with Gasteiger partial charge in [-0.3, -0.25) is 0 Å². The van der Waals surface area contributed by atoms with Crippen molar-refractivity contribution < 1.29 is 9.90 Å². The maximum absolute atomic E-state index is 10.4. The second-order valence-corrected chi connectivity index (χ2v) is 6.38. The van der Waals surface area contributed by atoms with Crippen molar-refractivity contribution in [2.75, 3.05) is 0 Å². The van der Waals surface area contributed by atoms with E-state index in [-0.39, 0.29) is 0 Å². The van der Waals surface area contributed by atoms with Crippen LogP contribution >= 0.6 is 34.4 Å². The van der Waals surface area contributed by atoms with Crippen molar-refractivity contribution in [3.63, 3.8) is 0 Å². The van der Waals surface area contributed by atoms with Crippen molar-refractivity contribution >= 4 is 46.5 Å². The molecule has 6 heteroatoms. The third kappa shape index (κ3) is 3.99. The van der Waals surface area contributed by atoms with E-state index in [4.69, 9.17) is 5.11 Å². The maximum atomic E-state index is 10.4. The first-order valence-electron chi connectivity index (χ1n) is 4.76. The predicted octanol–water partition coefficient (Wildman–Crippen LogP) is 3.59. The largest absolute Gasteiger partial charge is 0.478 e. The van der Waals surface area contributed by atoms with Gasteiger partial charge in [0.05, 0.1) is 0 Å². The molecule has 0 bridgehead atoms. The molecule has 0 unspecified atom stereocenters. The van der Waals surface area contributed by atoms with E-state index in [1.165, 1.54) is 4.88 Å². The predicted molar refractivity (Wildman–Crippen MR) is 72.7 cm³/mol. The van der Waals surface area contributed by atoms with Crippen molar-refractivity contribution in [2.45, 2.75) is 10.1 Å². The van der Waals surface area contributed by atoms with E-state index in [0.29, 0.717) is 0 Å². The maximum Gasteiger partial charge on any atom is 0.328 e. The quantitative estimate of drug-likeness (QED) is 0.673. The number of rotatable bonds is 5. The molecule has 0 spiro atoms. The fourth-order valence-corrected chi connectivity index (χ4v) is 3.73. The molecule has 0 fully saturated rings. The lowest BCUT2D eigenvalue weighted by atomic mass is 10.4. The van der Waals surface area contributed by atoms with E-state index in [1.54, 1.807) is 46.7 Å². The summed E-state index contributed by atoms with van der Waals surface area (Å²) in [5.41, 5.74) is 0. The highest BCUT2D eigenvalue weighted by atomic mass is 32.2. The standard InChI is InChI=1S/C11H9NO2S3/c13-10(14)4-3-8-1-2-9(17-8)7-16-11-12-5-6-15-11/h1-6H,7H2,(H,13,14). The average Bonchev–Trinajstić information content (AvgIpc) is 2.95. The molecule has 0 saturated carbocycles. The Bertz CT molecular complexity index is 517. The summed E-state index contributed by atoms with van der Waals surface area (Å²) in [5, 5.41) is 10.5. The topological polar surface area (TPSA) is 50.2 Å². The summed E-state index contributed by atoms with van der Waals surface area (Å²) < 4.78 is 1.06. The Hall–Kier alpha value is -1.11. The van der Waals surface area contributed by atoms with Crippen molar-refractivity contribution in [3.8, 4) is 0 Å². The van der Waals surface area contributed by atoms with Crippen molar-refractivity contribution in [1.29, 1.82) is 0 Å². The Morgan fingerprint density at radius 3 is 3.12 bits per heavy atom. The molecule has 0 saturated heterocycles. The second kappa shape index (κ2) is 6.00. The highest BCUT2D eigenvalue weighted by molar-refractivity contribution is 8.00. The fraction of sp³-hybridized carbons (Fsp3) is 0.0909. The minimum Gasteiger partial charge on any atom is -0.478 e. The molecular weight excluding hydrogens is 274 g/mol. The number of carboxylic acid groups (broad SMARTS) is 1. The smallest absolute Gasteiger partial charge is 0.328 e. The van der Waals surface area contributed by atoms with Gasteiger partial charge >= 0.3 is 5.97 Å². The first-order chi connectivity index (χ1) is 8.24. The number of aliphatic carboxylic acids is 1. The van der Waals surface area contributed by atoms with Crippen molar-refractivity contribution in [2.24, 2.45) is 0 Å². The number of hydrogen-bond acceptors (Lipinski definition) is 5. The molecule has 2 aromatic heterocycles. The Kier molecular flexibility index (Phi) is 4.36. The van der Waals surface area contributed by atoms with Gasteiger partial charge in [-0.05, 0) is 18.2 Å². The minimum atomic E-state index is -0.919. The van der Waals surface area contributed by atoms with Crippen LogP contribution in [0.3, 0.4) is 0 Å². The summed E-state index contributed by atoms with van der Waals surface area (Å²) in [6.45, 7) is 0. The van der Waals surface area contributed by atoms with Crippen LogP contribution in [0.2, 0.25) is 0 Å². The molecule has 0 radical (unpaired) electrons. The highest BCUT2D eigenvalue weighted by Crippen LogP contribution is 2.28. The van der Waals surface area contributed by atoms with Gasteiger partial charge in [0.2, 0.25) is 0 Å². The van der Waals surface area contributed by atoms with Gasteiger partial charge in [-0.1, -0.05) is 11.8 Å². The molecule has 0 aliphatic carbocycles. The van der Waals surface area contributed by atoms with E-state index in [2.05, 4.69) is 4.98 Å². The normalized spacial score (nSPS) is 11.1. The molecule has 0 atom stereocenters. The molecule has 88 valence electrons. The monoisotopic (exact) mass is 283 g/mol. The molecule has 0 aromatic carbocycles. The van der Waals surface area contributed by atoms with Crippen LogP contribution in [0.15, 0.2) is 34.1 Å². The number of nitrogens with zero attached hydrogens (tertiary/aromatic N) is 1. The fourth-order valence-electron chi connectivity index (χ4n) is 1.13. The van der Waals surface area contributed by atoms with E-state index in [9.17, 15) is 4.79 Å². The molecule has 3 nitrogen and oxygen atoms in total. The van der Waals surface area contributed by atoms with Gasteiger partial charge in [0.25, 0.3) is 0 Å². The van der Waals surface area contributed by atoms with Crippen LogP contribution < -0.4 is 0 Å². The van der Waals surface area contributed by atoms with E-state index >= 15 is 0 Å². The van der Waals surface area contributed by atoms with E-state index in [1.807, 2.05) is 17.5 Å². The summed E-state index contributed by atoms with van der Waals surface area (Å²) in [4.78, 5) is 16.7. The molecule has 0 aliphatic rings. The lowest BCUT2D eigenvalue weighted by Gasteiger charge is -1.92. The number of thiophene rings is 1. The number of aromatic nitrogens is 1. The third-order valence-corrected chi connectivity index (χ3v) is 5.07. The summed E-state index contributed by atoms with van der Waals surface area (Å²) in [5.74, 6) is -0.0452. The number of carbonyl (C=O) groups is 1. The number of thioether (sulfide) groups is 1. The van der Waals surface area contributed by atoms with Crippen LogP contribution in [-0.4, -0.2) is 16.1 Å². The summed E-state index contributed by atoms with van der Waals surface area (Å²) in [7, 11) is 0. The zero-order valence-corrected chi connectivity index (χ0v) is 11.1. The number of hydrogen-bond donors (Lipinski definition) is 1. The Labute approximate surface area is 111 Å². The lowest BCUT2D eigenvalue weighted by molar-refractivity contribution is -0.131. The van der Waals surface area contributed by atoms with Gasteiger partial charge in [0.15, 0.2) is 0 Å². The van der Waals surface area contributed by atoms with Crippen molar-refractivity contribution in [1.82, 2.24) is 4.98 Å². The van der Waals surface area contributed by atoms with Gasteiger partial charge in [-0.15, -0.1) is 22.7 Å². The molecule has 2 aromatic rings. The Morgan fingerprint density at radius 1 is 1.53 bits per heavy atom. The zero-order valence-electron chi connectivity index (χ0n) is 8.70. The number of thiazole rings is 1. The summed E-state index contributed by atoms with van der Waals surface area (Å²) >= 11 is 4.93. The van der Waals surface area contributed by atoms with Crippen molar-refractivity contribution in [3.05, 3.63) is 39.5 Å². The zero-order chi connectivity index (χ0) is 12.1. The summed E-state index contributed by atoms with van der Waals surface area (Å²) in [6.07, 6.45) is 4.57. The SMILES string of the molecule is O=C(O)C=Cc1ccc(CSc2nccs2)s1. The lowest BCUT2D eigenvalue weighted by Crippen LogP contribution is -1.84. The van der Waals surface area contributed by atoms with Crippen LogP contribution in [0.5, 0.6) is 0 Å². The molecule has 2 heterocycles. The first-order valence-corrected chi connectivity index (χ1v) is 7.44. The highest BCUT2D eigenvalue weighted by Gasteiger charge is 2.01. The molecule has 0 amide bonds. The van der Waals surface area contributed by atoms with Gasteiger partial charge in [0, 0.05) is 33.2 Å². The Morgan fingerprint density at radius 2 is 2.41 bits per heavy atom. The molecule has 2 rings (SSSR count). The van der Waals surface area contributed by atoms with Crippen LogP contribution in [0.1, 0.15) is 9.75 Å². The average molecular weight is 283 g/mol. The second-order valence-electron chi connectivity index (χ2n) is 3.06. The van der Waals surface area contributed by atoms with E-state index in [0.717, 1.165) is 21.0 Å². The molecule has 1 N–H and O–H groups in total.